The molecule has 4 N–H and O–H groups in total. The minimum absolute atomic E-state index is 0.358. The van der Waals surface area contributed by atoms with Crippen LogP contribution < -0.4 is 5.32 Å². The van der Waals surface area contributed by atoms with Gasteiger partial charge in [0.25, 0.3) is 0 Å². The molecule has 0 aliphatic heterocycles. The zero-order chi connectivity index (χ0) is 51.4. The van der Waals surface area contributed by atoms with Crippen LogP contribution in [0.1, 0.15) is 380 Å². The Morgan fingerprint density at radius 3 is 0.775 bits per heavy atom. The van der Waals surface area contributed by atoms with Crippen molar-refractivity contribution >= 4 is 5.91 Å². The molecule has 3 atom stereocenters. The third-order valence-electron chi connectivity index (χ3n) is 15.9. The second kappa shape index (κ2) is 61.6. The minimum atomic E-state index is -1.09. The molecule has 0 saturated carbocycles. The first-order chi connectivity index (χ1) is 35.1. The molecule has 0 bridgehead atoms. The van der Waals surface area contributed by atoms with Crippen LogP contribution in [-0.4, -0.2) is 46.1 Å². The highest BCUT2D eigenvalue weighted by Gasteiger charge is 2.22. The lowest BCUT2D eigenvalue weighted by Crippen LogP contribution is -2.48. The van der Waals surface area contributed by atoms with Gasteiger partial charge in [0.15, 0.2) is 0 Å². The standard InChI is InChI=1S/C66H131NO4/c1-3-5-7-9-11-13-15-17-19-21-23-25-26-27-28-29-30-31-32-33-34-35-36-37-38-39-41-43-45-47-49-51-53-55-57-59-61-65(70)66(71)67-63(62-68)64(69)60-58-56-54-52-50-48-46-44-42-40-24-22-20-18-16-14-12-10-8-6-4-2/h58,60,63-65,68-70H,3-57,59,61-62H2,1-2H3,(H,67,71)/b60-58+. The van der Waals surface area contributed by atoms with E-state index in [-0.39, 0.29) is 6.61 Å². The molecule has 0 aliphatic rings. The Hall–Kier alpha value is -0.910. The van der Waals surface area contributed by atoms with Crippen LogP contribution in [0.25, 0.3) is 0 Å². The van der Waals surface area contributed by atoms with Gasteiger partial charge in [-0.15, -0.1) is 0 Å². The van der Waals surface area contributed by atoms with Crippen molar-refractivity contribution in [1.82, 2.24) is 5.32 Å². The van der Waals surface area contributed by atoms with Gasteiger partial charge in [0.05, 0.1) is 18.8 Å². The van der Waals surface area contributed by atoms with Gasteiger partial charge in [-0.05, 0) is 19.3 Å². The molecule has 0 aliphatic carbocycles. The zero-order valence-corrected chi connectivity index (χ0v) is 48.6. The molecular weight excluding hydrogens is 871 g/mol. The van der Waals surface area contributed by atoms with E-state index >= 15 is 0 Å². The van der Waals surface area contributed by atoms with Gasteiger partial charge >= 0.3 is 0 Å². The van der Waals surface area contributed by atoms with Gasteiger partial charge in [0.2, 0.25) is 5.91 Å². The largest absolute Gasteiger partial charge is 0.394 e. The number of nitrogens with one attached hydrogen (secondary N) is 1. The minimum Gasteiger partial charge on any atom is -0.394 e. The van der Waals surface area contributed by atoms with Crippen molar-refractivity contribution in [2.24, 2.45) is 0 Å². The lowest BCUT2D eigenvalue weighted by molar-refractivity contribution is -0.131. The summed E-state index contributed by atoms with van der Waals surface area (Å²) in [7, 11) is 0. The molecule has 0 aromatic heterocycles. The Balaban J connectivity index is 3.45. The lowest BCUT2D eigenvalue weighted by Gasteiger charge is -2.21. The molecule has 0 aromatic carbocycles. The van der Waals surface area contributed by atoms with Gasteiger partial charge in [0, 0.05) is 0 Å². The van der Waals surface area contributed by atoms with Crippen LogP contribution in [0.5, 0.6) is 0 Å². The summed E-state index contributed by atoms with van der Waals surface area (Å²) in [5, 5.41) is 33.5. The van der Waals surface area contributed by atoms with Crippen molar-refractivity contribution in [1.29, 1.82) is 0 Å². The molecule has 0 heterocycles. The number of allylic oxidation sites excluding steroid dienone is 1. The Kier molecular flexibility index (Phi) is 60.8. The molecule has 0 aromatic rings. The number of hydrogen-bond donors (Lipinski definition) is 4. The second-order valence-corrected chi connectivity index (χ2v) is 23.0. The number of amides is 1. The quantitative estimate of drug-likeness (QED) is 0.0361. The summed E-state index contributed by atoms with van der Waals surface area (Å²) >= 11 is 0. The Labute approximate surface area is 446 Å². The fraction of sp³-hybridized carbons (Fsp3) is 0.955. The van der Waals surface area contributed by atoms with Gasteiger partial charge in [-0.2, -0.15) is 0 Å². The normalized spacial score (nSPS) is 13.1. The number of carbonyl (C=O) groups is 1. The van der Waals surface area contributed by atoms with Crippen molar-refractivity contribution in [3.05, 3.63) is 12.2 Å². The highest BCUT2D eigenvalue weighted by molar-refractivity contribution is 5.80. The molecule has 0 fully saturated rings. The summed E-state index contributed by atoms with van der Waals surface area (Å²) in [6, 6.07) is -0.795. The summed E-state index contributed by atoms with van der Waals surface area (Å²) in [5.74, 6) is -0.494. The van der Waals surface area contributed by atoms with E-state index < -0.39 is 24.2 Å². The average Bonchev–Trinajstić information content (AvgIpc) is 3.38. The van der Waals surface area contributed by atoms with Gasteiger partial charge in [-0.1, -0.05) is 373 Å². The Morgan fingerprint density at radius 1 is 0.338 bits per heavy atom. The van der Waals surface area contributed by atoms with Crippen LogP contribution in [0.3, 0.4) is 0 Å². The van der Waals surface area contributed by atoms with Crippen LogP contribution in [0, 0.1) is 0 Å². The topological polar surface area (TPSA) is 89.8 Å². The molecule has 0 spiro atoms. The summed E-state index contributed by atoms with van der Waals surface area (Å²) in [6.45, 7) is 4.24. The third kappa shape index (κ3) is 56.7. The predicted molar refractivity (Wildman–Crippen MR) is 315 cm³/mol. The lowest BCUT2D eigenvalue weighted by atomic mass is 10.0. The third-order valence-corrected chi connectivity index (χ3v) is 15.9. The molecule has 0 radical (unpaired) electrons. The highest BCUT2D eigenvalue weighted by atomic mass is 16.3. The predicted octanol–water partition coefficient (Wildman–Crippen LogP) is 21.0. The summed E-state index contributed by atoms with van der Waals surface area (Å²) in [6.07, 6.45) is 79.2. The van der Waals surface area contributed by atoms with Crippen molar-refractivity contribution in [2.75, 3.05) is 6.61 Å². The second-order valence-electron chi connectivity index (χ2n) is 23.0. The van der Waals surface area contributed by atoms with E-state index in [1.54, 1.807) is 6.08 Å². The van der Waals surface area contributed by atoms with Crippen LogP contribution in [0.15, 0.2) is 12.2 Å². The van der Waals surface area contributed by atoms with Crippen molar-refractivity contribution in [3.63, 3.8) is 0 Å². The van der Waals surface area contributed by atoms with Crippen LogP contribution in [0.4, 0.5) is 0 Å². The molecule has 71 heavy (non-hydrogen) atoms. The maximum atomic E-state index is 12.6. The van der Waals surface area contributed by atoms with Crippen molar-refractivity contribution in [2.45, 2.75) is 398 Å². The van der Waals surface area contributed by atoms with Crippen LogP contribution >= 0.6 is 0 Å². The molecular formula is C66H131NO4. The molecule has 0 rings (SSSR count). The van der Waals surface area contributed by atoms with E-state index in [1.165, 1.54) is 327 Å². The van der Waals surface area contributed by atoms with Crippen molar-refractivity contribution < 1.29 is 20.1 Å². The summed E-state index contributed by atoms with van der Waals surface area (Å²) < 4.78 is 0. The number of carbonyl (C=O) groups excluding carboxylic acids is 1. The zero-order valence-electron chi connectivity index (χ0n) is 48.6. The average molecular weight is 1000 g/mol. The van der Waals surface area contributed by atoms with E-state index in [0.29, 0.717) is 6.42 Å². The van der Waals surface area contributed by atoms with E-state index in [9.17, 15) is 20.1 Å². The van der Waals surface area contributed by atoms with Gasteiger partial charge in [0.1, 0.15) is 6.10 Å². The number of hydrogen-bond acceptors (Lipinski definition) is 4. The van der Waals surface area contributed by atoms with Gasteiger partial charge in [-0.3, -0.25) is 4.79 Å². The fourth-order valence-corrected chi connectivity index (χ4v) is 10.8. The van der Waals surface area contributed by atoms with Crippen LogP contribution in [-0.2, 0) is 4.79 Å². The molecule has 1 amide bonds. The number of aliphatic hydroxyl groups excluding tert-OH is 3. The monoisotopic (exact) mass is 1000 g/mol. The van der Waals surface area contributed by atoms with E-state index in [2.05, 4.69) is 19.2 Å². The Morgan fingerprint density at radius 2 is 0.549 bits per heavy atom. The summed E-state index contributed by atoms with van der Waals surface area (Å²) in [4.78, 5) is 12.6. The first-order valence-electron chi connectivity index (χ1n) is 33.0. The van der Waals surface area contributed by atoms with Crippen LogP contribution in [0.2, 0.25) is 0 Å². The first kappa shape index (κ1) is 70.1. The van der Waals surface area contributed by atoms with E-state index in [0.717, 1.165) is 32.1 Å². The molecule has 0 saturated heterocycles. The first-order valence-corrected chi connectivity index (χ1v) is 33.0. The van der Waals surface area contributed by atoms with E-state index in [1.807, 2.05) is 6.08 Å². The van der Waals surface area contributed by atoms with Gasteiger partial charge in [-0.25, -0.2) is 0 Å². The number of aliphatic hydroxyl groups is 3. The maximum absolute atomic E-state index is 12.6. The maximum Gasteiger partial charge on any atom is 0.249 e. The van der Waals surface area contributed by atoms with Crippen molar-refractivity contribution in [3.8, 4) is 0 Å². The number of unbranched alkanes of at least 4 members (excludes halogenated alkanes) is 54. The molecule has 3 unspecified atom stereocenters. The van der Waals surface area contributed by atoms with Gasteiger partial charge < -0.3 is 20.6 Å². The molecule has 5 heteroatoms. The SMILES string of the molecule is CCCCCCCCCCCCCCCCCCCCC/C=C/C(O)C(CO)NC(=O)C(O)CCCCCCCCCCCCCCCCCCCCCCCCCCCCCCCCCCCCCC. The summed E-state index contributed by atoms with van der Waals surface area (Å²) in [5.41, 5.74) is 0. The fourth-order valence-electron chi connectivity index (χ4n) is 10.8. The molecule has 424 valence electrons. The van der Waals surface area contributed by atoms with E-state index in [4.69, 9.17) is 0 Å². The number of rotatable bonds is 62. The molecule has 5 nitrogen and oxygen atoms in total. The smallest absolute Gasteiger partial charge is 0.249 e. The Bertz CT molecular complexity index is 1020. The highest BCUT2D eigenvalue weighted by Crippen LogP contribution is 2.19.